The summed E-state index contributed by atoms with van der Waals surface area (Å²) in [6.45, 7) is 9.24. The van der Waals surface area contributed by atoms with E-state index in [2.05, 4.69) is 20.8 Å². The Balaban J connectivity index is 2.27. The lowest BCUT2D eigenvalue weighted by atomic mass is 9.85. The number of aromatic hydroxyl groups is 1. The number of carbonyl (C=O) groups is 1. The van der Waals surface area contributed by atoms with Crippen molar-refractivity contribution in [2.45, 2.75) is 40.2 Å². The Kier molecular flexibility index (Phi) is 3.83. The van der Waals surface area contributed by atoms with Gasteiger partial charge in [0.2, 0.25) is 0 Å². The SMILES string of the molecule is Cc1cc(O)ccc1C(=O)N1CC(C)CC(C)C1C. The van der Waals surface area contributed by atoms with Gasteiger partial charge in [-0.15, -0.1) is 0 Å². The van der Waals surface area contributed by atoms with Crippen molar-refractivity contribution in [3.8, 4) is 5.75 Å². The molecule has 3 nitrogen and oxygen atoms in total. The molecule has 0 bridgehead atoms. The Morgan fingerprint density at radius 3 is 2.63 bits per heavy atom. The fourth-order valence-corrected chi connectivity index (χ4v) is 3.03. The topological polar surface area (TPSA) is 40.5 Å². The average molecular weight is 261 g/mol. The number of phenolic OH excluding ortho intramolecular Hbond substituents is 1. The summed E-state index contributed by atoms with van der Waals surface area (Å²) in [6.07, 6.45) is 1.18. The van der Waals surface area contributed by atoms with Crippen molar-refractivity contribution in [1.82, 2.24) is 4.90 Å². The summed E-state index contributed by atoms with van der Waals surface area (Å²) in [5.41, 5.74) is 1.54. The first kappa shape index (κ1) is 13.9. The van der Waals surface area contributed by atoms with Crippen LogP contribution in [-0.4, -0.2) is 28.5 Å². The average Bonchev–Trinajstić information content (AvgIpc) is 2.33. The summed E-state index contributed by atoms with van der Waals surface area (Å²) in [5, 5.41) is 9.44. The van der Waals surface area contributed by atoms with Crippen LogP contribution >= 0.6 is 0 Å². The quantitative estimate of drug-likeness (QED) is 0.843. The molecule has 1 aromatic rings. The lowest BCUT2D eigenvalue weighted by molar-refractivity contribution is 0.0455. The molecule has 3 atom stereocenters. The van der Waals surface area contributed by atoms with Crippen LogP contribution in [0.3, 0.4) is 0 Å². The van der Waals surface area contributed by atoms with E-state index >= 15 is 0 Å². The summed E-state index contributed by atoms with van der Waals surface area (Å²) in [4.78, 5) is 14.7. The van der Waals surface area contributed by atoms with Gasteiger partial charge in [0, 0.05) is 18.2 Å². The Hall–Kier alpha value is -1.51. The van der Waals surface area contributed by atoms with Gasteiger partial charge in [-0.1, -0.05) is 13.8 Å². The van der Waals surface area contributed by atoms with Gasteiger partial charge in [0.05, 0.1) is 0 Å². The molecule has 3 heteroatoms. The van der Waals surface area contributed by atoms with E-state index in [9.17, 15) is 9.90 Å². The molecule has 1 heterocycles. The summed E-state index contributed by atoms with van der Waals surface area (Å²) < 4.78 is 0. The van der Waals surface area contributed by atoms with Crippen LogP contribution in [0.15, 0.2) is 18.2 Å². The predicted octanol–water partition coefficient (Wildman–Crippen LogP) is 3.21. The zero-order valence-corrected chi connectivity index (χ0v) is 12.2. The molecule has 1 aliphatic rings. The molecule has 104 valence electrons. The van der Waals surface area contributed by atoms with E-state index in [0.717, 1.165) is 12.1 Å². The summed E-state index contributed by atoms with van der Waals surface area (Å²) >= 11 is 0. The van der Waals surface area contributed by atoms with Crippen molar-refractivity contribution in [2.24, 2.45) is 11.8 Å². The highest BCUT2D eigenvalue weighted by Gasteiger charge is 2.32. The van der Waals surface area contributed by atoms with Gasteiger partial charge in [0.1, 0.15) is 5.75 Å². The fourth-order valence-electron chi connectivity index (χ4n) is 3.03. The molecule has 3 unspecified atom stereocenters. The smallest absolute Gasteiger partial charge is 0.254 e. The number of amides is 1. The molecule has 2 rings (SSSR count). The van der Waals surface area contributed by atoms with Gasteiger partial charge in [-0.05, 0) is 55.9 Å². The number of likely N-dealkylation sites (tertiary alicyclic amines) is 1. The van der Waals surface area contributed by atoms with Gasteiger partial charge < -0.3 is 10.0 Å². The second-order valence-corrected chi connectivity index (χ2v) is 6.02. The Morgan fingerprint density at radius 1 is 1.32 bits per heavy atom. The van der Waals surface area contributed by atoms with Crippen LogP contribution < -0.4 is 0 Å². The normalized spacial score (nSPS) is 27.4. The van der Waals surface area contributed by atoms with E-state index in [1.807, 2.05) is 11.8 Å². The number of nitrogens with zero attached hydrogens (tertiary/aromatic N) is 1. The lowest BCUT2D eigenvalue weighted by Gasteiger charge is -2.41. The molecule has 1 N–H and O–H groups in total. The monoisotopic (exact) mass is 261 g/mol. The molecule has 1 saturated heterocycles. The first-order chi connectivity index (χ1) is 8.90. The minimum absolute atomic E-state index is 0.0865. The maximum absolute atomic E-state index is 12.7. The minimum atomic E-state index is 0.0865. The zero-order chi connectivity index (χ0) is 14.2. The van der Waals surface area contributed by atoms with Crippen LogP contribution in [0.2, 0.25) is 0 Å². The van der Waals surface area contributed by atoms with Gasteiger partial charge in [0.15, 0.2) is 0 Å². The Morgan fingerprint density at radius 2 is 2.00 bits per heavy atom. The van der Waals surface area contributed by atoms with Crippen molar-refractivity contribution in [2.75, 3.05) is 6.54 Å². The van der Waals surface area contributed by atoms with Crippen LogP contribution in [0.4, 0.5) is 0 Å². The molecule has 1 amide bonds. The molecule has 19 heavy (non-hydrogen) atoms. The minimum Gasteiger partial charge on any atom is -0.508 e. The molecule has 1 aliphatic heterocycles. The maximum Gasteiger partial charge on any atom is 0.254 e. The third-order valence-electron chi connectivity index (χ3n) is 4.30. The summed E-state index contributed by atoms with van der Waals surface area (Å²) in [5.74, 6) is 1.38. The molecular weight excluding hydrogens is 238 g/mol. The van der Waals surface area contributed by atoms with E-state index in [1.54, 1.807) is 18.2 Å². The molecular formula is C16H23NO2. The van der Waals surface area contributed by atoms with Crippen LogP contribution in [0.1, 0.15) is 43.1 Å². The van der Waals surface area contributed by atoms with Crippen LogP contribution in [0, 0.1) is 18.8 Å². The van der Waals surface area contributed by atoms with Crippen molar-refractivity contribution >= 4 is 5.91 Å². The molecule has 1 aromatic carbocycles. The van der Waals surface area contributed by atoms with E-state index in [1.165, 1.54) is 6.42 Å². The van der Waals surface area contributed by atoms with E-state index < -0.39 is 0 Å². The van der Waals surface area contributed by atoms with Gasteiger partial charge in [-0.25, -0.2) is 0 Å². The lowest BCUT2D eigenvalue weighted by Crippen LogP contribution is -2.49. The van der Waals surface area contributed by atoms with Crippen LogP contribution in [0.25, 0.3) is 0 Å². The van der Waals surface area contributed by atoms with Crippen molar-refractivity contribution in [1.29, 1.82) is 0 Å². The second kappa shape index (κ2) is 5.24. The first-order valence-corrected chi connectivity index (χ1v) is 7.00. The first-order valence-electron chi connectivity index (χ1n) is 7.00. The number of benzene rings is 1. The zero-order valence-electron chi connectivity index (χ0n) is 12.2. The number of hydrogen-bond acceptors (Lipinski definition) is 2. The second-order valence-electron chi connectivity index (χ2n) is 6.02. The number of aryl methyl sites for hydroxylation is 1. The molecule has 0 aromatic heterocycles. The van der Waals surface area contributed by atoms with Crippen molar-refractivity contribution in [3.63, 3.8) is 0 Å². The molecule has 0 radical (unpaired) electrons. The Labute approximate surface area is 115 Å². The molecule has 0 aliphatic carbocycles. The highest BCUT2D eigenvalue weighted by molar-refractivity contribution is 5.96. The fraction of sp³-hybridized carbons (Fsp3) is 0.562. The number of carbonyl (C=O) groups excluding carboxylic acids is 1. The number of phenols is 1. The number of rotatable bonds is 1. The number of hydrogen-bond donors (Lipinski definition) is 1. The highest BCUT2D eigenvalue weighted by atomic mass is 16.3. The van der Waals surface area contributed by atoms with E-state index in [0.29, 0.717) is 17.4 Å². The van der Waals surface area contributed by atoms with Crippen LogP contribution in [-0.2, 0) is 0 Å². The van der Waals surface area contributed by atoms with E-state index in [-0.39, 0.29) is 17.7 Å². The highest BCUT2D eigenvalue weighted by Crippen LogP contribution is 2.29. The third-order valence-corrected chi connectivity index (χ3v) is 4.30. The molecule has 1 fully saturated rings. The van der Waals surface area contributed by atoms with Gasteiger partial charge >= 0.3 is 0 Å². The van der Waals surface area contributed by atoms with Gasteiger partial charge in [0.25, 0.3) is 5.91 Å². The van der Waals surface area contributed by atoms with Crippen LogP contribution in [0.5, 0.6) is 5.75 Å². The Bertz CT molecular complexity index is 484. The third kappa shape index (κ3) is 2.75. The summed E-state index contributed by atoms with van der Waals surface area (Å²) in [7, 11) is 0. The predicted molar refractivity (Wildman–Crippen MR) is 76.3 cm³/mol. The number of piperidine rings is 1. The summed E-state index contributed by atoms with van der Waals surface area (Å²) in [6, 6.07) is 5.23. The molecule has 0 spiro atoms. The largest absolute Gasteiger partial charge is 0.508 e. The standard InChI is InChI=1S/C16H23NO2/c1-10-7-11(2)13(4)17(9-10)16(19)15-6-5-14(18)8-12(15)3/h5-6,8,10-11,13,18H,7,9H2,1-4H3. The van der Waals surface area contributed by atoms with Gasteiger partial charge in [-0.2, -0.15) is 0 Å². The molecule has 0 saturated carbocycles. The van der Waals surface area contributed by atoms with Gasteiger partial charge in [-0.3, -0.25) is 4.79 Å². The van der Waals surface area contributed by atoms with E-state index in [4.69, 9.17) is 0 Å². The maximum atomic E-state index is 12.7. The van der Waals surface area contributed by atoms with Crippen molar-refractivity contribution < 1.29 is 9.90 Å². The van der Waals surface area contributed by atoms with Crippen molar-refractivity contribution in [3.05, 3.63) is 29.3 Å².